The zero-order valence-electron chi connectivity index (χ0n) is 39.5. The quantitative estimate of drug-likeness (QED) is 0.134. The van der Waals surface area contributed by atoms with Crippen LogP contribution < -0.4 is 10.6 Å². The van der Waals surface area contributed by atoms with Gasteiger partial charge in [-0.1, -0.05) is 36.4 Å². The van der Waals surface area contributed by atoms with Gasteiger partial charge in [-0.05, 0) is 90.0 Å². The molecule has 6 heterocycles. The van der Waals surface area contributed by atoms with Crippen LogP contribution in [0.15, 0.2) is 72.8 Å². The Balaban J connectivity index is 0.000000193. The summed E-state index contributed by atoms with van der Waals surface area (Å²) in [7, 11) is 0.591. The van der Waals surface area contributed by atoms with Crippen molar-refractivity contribution in [1.82, 2.24) is 49.3 Å². The predicted octanol–water partition coefficient (Wildman–Crippen LogP) is 5.19. The first kappa shape index (κ1) is 50.1. The summed E-state index contributed by atoms with van der Waals surface area (Å²) in [5.74, 6) is 1.06. The second-order valence-electron chi connectivity index (χ2n) is 17.0. The minimum atomic E-state index is -3.55. The van der Waals surface area contributed by atoms with Gasteiger partial charge in [0, 0.05) is 74.7 Å². The molecule has 2 fully saturated rings. The number of aliphatic hydroxyl groups excluding tert-OH is 1. The van der Waals surface area contributed by atoms with E-state index in [9.17, 15) is 18.0 Å². The van der Waals surface area contributed by atoms with Crippen LogP contribution in [-0.2, 0) is 41.8 Å². The van der Waals surface area contributed by atoms with Gasteiger partial charge in [0.1, 0.15) is 11.6 Å². The summed E-state index contributed by atoms with van der Waals surface area (Å²) >= 11 is 0. The van der Waals surface area contributed by atoms with Crippen molar-refractivity contribution < 1.29 is 32.0 Å². The van der Waals surface area contributed by atoms with Gasteiger partial charge in [-0.3, -0.25) is 13.8 Å². The van der Waals surface area contributed by atoms with Crippen LogP contribution in [0, 0.1) is 27.7 Å². The van der Waals surface area contributed by atoms with Crippen molar-refractivity contribution in [2.24, 2.45) is 0 Å². The number of anilines is 2. The molecule has 2 saturated heterocycles. The largest absolute Gasteiger partial charge is 0.392 e. The minimum Gasteiger partial charge on any atom is -0.392 e. The summed E-state index contributed by atoms with van der Waals surface area (Å²) in [4.78, 5) is 45.8. The predicted molar refractivity (Wildman–Crippen MR) is 255 cm³/mol. The molecule has 6 aromatic rings. The number of aliphatic hydroxyl groups is 1. The van der Waals surface area contributed by atoms with E-state index in [1.54, 1.807) is 39.7 Å². The maximum absolute atomic E-state index is 11.7. The number of benzene rings is 2. The normalized spacial score (nSPS) is 16.2. The van der Waals surface area contributed by atoms with Crippen LogP contribution in [0.1, 0.15) is 60.6 Å². The monoisotopic (exact) mass is 936 g/mol. The number of aryl methyl sites for hydroxylation is 4. The third-order valence-corrected chi connectivity index (χ3v) is 11.1. The number of ether oxygens (including phenoxy) is 1. The van der Waals surface area contributed by atoms with E-state index in [4.69, 9.17) is 19.0 Å². The van der Waals surface area contributed by atoms with Gasteiger partial charge in [0.25, 0.3) is 22.0 Å². The SMILES string of the molecule is CC(=O)Nc1cc(-c2cccc(COS(C)(=O)=O)c2)nc(-n2nc(C)cc2C)n1.CC(=O)Nc1cc(-c2cccc(CO[C@@H]3CCN(C)C3)c2)nc(-n2nc(C)cc2C)n1.CN1CC[C@@H](O)C1. The summed E-state index contributed by atoms with van der Waals surface area (Å²) in [5, 5.41) is 23.2. The maximum Gasteiger partial charge on any atom is 0.264 e. The van der Waals surface area contributed by atoms with E-state index in [1.807, 2.05) is 65.1 Å². The van der Waals surface area contributed by atoms with E-state index in [0.29, 0.717) is 47.1 Å². The maximum atomic E-state index is 11.7. The summed E-state index contributed by atoms with van der Waals surface area (Å²) in [6.07, 6.45) is 3.24. The molecule has 67 heavy (non-hydrogen) atoms. The summed E-state index contributed by atoms with van der Waals surface area (Å²) in [5.41, 5.74) is 8.13. The van der Waals surface area contributed by atoms with Gasteiger partial charge in [-0.15, -0.1) is 0 Å². The number of amides is 2. The lowest BCUT2D eigenvalue weighted by atomic mass is 10.1. The van der Waals surface area contributed by atoms with E-state index >= 15 is 0 Å². The third-order valence-electron chi connectivity index (χ3n) is 10.5. The molecule has 4 aromatic heterocycles. The van der Waals surface area contributed by atoms with Gasteiger partial charge in [-0.2, -0.15) is 28.6 Å². The van der Waals surface area contributed by atoms with Gasteiger partial charge < -0.3 is 30.3 Å². The molecule has 2 aromatic carbocycles. The molecular weight excluding hydrogens is 877 g/mol. The third kappa shape index (κ3) is 15.1. The van der Waals surface area contributed by atoms with Crippen LogP contribution in [-0.4, -0.2) is 133 Å². The molecule has 8 rings (SSSR count). The Hall–Kier alpha value is -6.29. The Labute approximate surface area is 391 Å². The number of rotatable bonds is 12. The number of carbonyl (C=O) groups is 2. The Morgan fingerprint density at radius 1 is 0.687 bits per heavy atom. The standard InChI is InChI=1S/C23H28N6O2.C19H21N5O4S.C5H11NO/c1-15-10-16(2)29(27-15)23-25-21(12-22(26-23)24-17(3)30)19-7-5-6-18(11-19)14-31-20-8-9-28(4)13-20;1-12-8-13(2)24(23-12)19-21-17(10-18(22-19)20-14(3)25)16-7-5-6-15(9-16)11-28-29(4,26)27;1-6-3-2-5(7)4-6/h5-7,10-12,20H,8-9,13-14H2,1-4H3,(H,24,25,26,30);5-10H,11H2,1-4H3,(H,20,21,22,25);5,7H,2-4H2,1H3/t20-;;5-/m1.1/s1. The lowest BCUT2D eigenvalue weighted by molar-refractivity contribution is -0.115. The van der Waals surface area contributed by atoms with Crippen LogP contribution in [0.5, 0.6) is 0 Å². The van der Waals surface area contributed by atoms with Gasteiger partial charge in [0.05, 0.1) is 54.5 Å². The van der Waals surface area contributed by atoms with Crippen LogP contribution in [0.2, 0.25) is 0 Å². The van der Waals surface area contributed by atoms with Crippen molar-refractivity contribution in [2.45, 2.75) is 79.8 Å². The summed E-state index contributed by atoms with van der Waals surface area (Å²) in [6, 6.07) is 22.6. The number of hydrogen-bond acceptors (Lipinski definition) is 15. The number of hydrogen-bond donors (Lipinski definition) is 3. The Bertz CT molecular complexity index is 2790. The molecular formula is C47H60N12O7S. The minimum absolute atomic E-state index is 0.0509. The molecule has 2 aliphatic heterocycles. The van der Waals surface area contributed by atoms with Crippen molar-refractivity contribution in [1.29, 1.82) is 0 Å². The average molecular weight is 937 g/mol. The molecule has 2 aliphatic rings. The van der Waals surface area contributed by atoms with E-state index < -0.39 is 10.1 Å². The average Bonchev–Trinajstić information content (AvgIpc) is 4.05. The van der Waals surface area contributed by atoms with Crippen molar-refractivity contribution in [3.63, 3.8) is 0 Å². The molecule has 356 valence electrons. The molecule has 0 saturated carbocycles. The topological polar surface area (TPSA) is 225 Å². The first-order chi connectivity index (χ1) is 31.8. The van der Waals surface area contributed by atoms with Crippen LogP contribution in [0.3, 0.4) is 0 Å². The second-order valence-corrected chi connectivity index (χ2v) is 18.6. The van der Waals surface area contributed by atoms with Crippen molar-refractivity contribution >= 4 is 33.6 Å². The van der Waals surface area contributed by atoms with Crippen LogP contribution in [0.25, 0.3) is 34.4 Å². The van der Waals surface area contributed by atoms with Gasteiger partial charge in [0.2, 0.25) is 11.8 Å². The van der Waals surface area contributed by atoms with E-state index in [-0.39, 0.29) is 30.6 Å². The number of likely N-dealkylation sites (N-methyl/N-ethyl adjacent to an activating group) is 2. The Kier molecular flexibility index (Phi) is 16.8. The first-order valence-corrected chi connectivity index (χ1v) is 23.7. The number of aromatic nitrogens is 8. The smallest absolute Gasteiger partial charge is 0.264 e. The van der Waals surface area contributed by atoms with Crippen molar-refractivity contribution in [2.75, 3.05) is 57.2 Å². The Morgan fingerprint density at radius 2 is 1.16 bits per heavy atom. The molecule has 0 unspecified atom stereocenters. The van der Waals surface area contributed by atoms with Gasteiger partial charge in [-0.25, -0.2) is 19.3 Å². The summed E-state index contributed by atoms with van der Waals surface area (Å²) < 4.78 is 36.7. The fourth-order valence-electron chi connectivity index (χ4n) is 7.48. The highest BCUT2D eigenvalue weighted by molar-refractivity contribution is 7.85. The summed E-state index contributed by atoms with van der Waals surface area (Å²) in [6.45, 7) is 14.9. The number of carbonyl (C=O) groups excluding carboxylic acids is 2. The van der Waals surface area contributed by atoms with Gasteiger partial charge in [0.15, 0.2) is 0 Å². The molecule has 20 heteroatoms. The highest BCUT2D eigenvalue weighted by atomic mass is 32.2. The number of likely N-dealkylation sites (tertiary alicyclic amines) is 2. The molecule has 0 radical (unpaired) electrons. The van der Waals surface area contributed by atoms with E-state index in [0.717, 1.165) is 84.7 Å². The van der Waals surface area contributed by atoms with Crippen LogP contribution in [0.4, 0.5) is 11.6 Å². The van der Waals surface area contributed by atoms with Gasteiger partial charge >= 0.3 is 0 Å². The first-order valence-electron chi connectivity index (χ1n) is 21.9. The highest BCUT2D eigenvalue weighted by Crippen LogP contribution is 2.26. The molecule has 3 N–H and O–H groups in total. The number of β-amino-alcohol motifs (C(OH)–C–C–N with tert-alkyl or cyclic N) is 1. The van der Waals surface area contributed by atoms with Crippen molar-refractivity contribution in [3.05, 3.63) is 107 Å². The molecule has 0 bridgehead atoms. The molecule has 0 aliphatic carbocycles. The Morgan fingerprint density at radius 3 is 1.54 bits per heavy atom. The number of nitrogens with one attached hydrogen (secondary N) is 2. The van der Waals surface area contributed by atoms with Crippen molar-refractivity contribution in [3.8, 4) is 34.4 Å². The van der Waals surface area contributed by atoms with E-state index in [1.165, 1.54) is 13.8 Å². The highest BCUT2D eigenvalue weighted by Gasteiger charge is 2.20. The molecule has 19 nitrogen and oxygen atoms in total. The number of nitrogens with zero attached hydrogens (tertiary/aromatic N) is 10. The van der Waals surface area contributed by atoms with Crippen LogP contribution >= 0.6 is 0 Å². The zero-order chi connectivity index (χ0) is 48.4. The molecule has 2 amide bonds. The lowest BCUT2D eigenvalue weighted by Gasteiger charge is -2.13. The van der Waals surface area contributed by atoms with E-state index in [2.05, 4.69) is 64.8 Å². The fraction of sp³-hybridized carbons (Fsp3) is 0.404. The fourth-order valence-corrected chi connectivity index (χ4v) is 7.83. The second kappa shape index (κ2) is 22.5. The zero-order valence-corrected chi connectivity index (χ0v) is 40.3. The molecule has 0 spiro atoms. The molecule has 2 atom stereocenters. The lowest BCUT2D eigenvalue weighted by Crippen LogP contribution is -2.18.